The summed E-state index contributed by atoms with van der Waals surface area (Å²) in [5, 5.41) is 19.5. The Labute approximate surface area is 265 Å². The molecule has 0 saturated heterocycles. The molecule has 0 spiro atoms. The van der Waals surface area contributed by atoms with Gasteiger partial charge in [0.25, 0.3) is 5.91 Å². The van der Waals surface area contributed by atoms with Crippen LogP contribution in [-0.2, 0) is 4.74 Å². The number of carbonyl (C=O) groups excluding carboxylic acids is 3. The number of hydrogen-bond acceptors (Lipinski definition) is 8. The molecule has 0 aliphatic carbocycles. The normalized spacial score (nSPS) is 11.1. The number of alkyl carbamates (subject to hydrolysis) is 1. The fraction of sp³-hybridized carbons (Fsp3) is 0.206. The number of nitrogens with zero attached hydrogens (tertiary/aromatic N) is 3. The quantitative estimate of drug-likeness (QED) is 0.125. The van der Waals surface area contributed by atoms with Gasteiger partial charge in [-0.15, -0.1) is 0 Å². The van der Waals surface area contributed by atoms with Crippen LogP contribution in [0.3, 0.4) is 0 Å². The van der Waals surface area contributed by atoms with E-state index in [0.29, 0.717) is 44.9 Å². The molecule has 3 aromatic carbocycles. The minimum Gasteiger partial charge on any atom is -0.457 e. The number of nitriles is 1. The number of carbonyl (C=O) groups is 3. The van der Waals surface area contributed by atoms with Crippen molar-refractivity contribution >= 4 is 34.5 Å². The summed E-state index contributed by atoms with van der Waals surface area (Å²) in [5.41, 5.74) is 9.36. The van der Waals surface area contributed by atoms with Crippen LogP contribution in [0.1, 0.15) is 58.3 Å². The predicted octanol–water partition coefficient (Wildman–Crippen LogP) is 5.39. The van der Waals surface area contributed by atoms with Gasteiger partial charge in [-0.3, -0.25) is 9.59 Å². The molecule has 5 rings (SSSR count). The number of aromatic amines is 1. The maximum absolute atomic E-state index is 13.5. The van der Waals surface area contributed by atoms with E-state index >= 15 is 0 Å². The van der Waals surface area contributed by atoms with Crippen molar-refractivity contribution in [1.29, 1.82) is 5.26 Å². The Balaban J connectivity index is 1.26. The Morgan fingerprint density at radius 2 is 1.76 bits per heavy atom. The molecule has 12 heteroatoms. The lowest BCUT2D eigenvalue weighted by Crippen LogP contribution is -2.37. The highest BCUT2D eigenvalue weighted by Crippen LogP contribution is 2.29. The van der Waals surface area contributed by atoms with Crippen LogP contribution in [0.25, 0.3) is 16.6 Å². The van der Waals surface area contributed by atoms with E-state index < -0.39 is 11.7 Å². The van der Waals surface area contributed by atoms with Crippen molar-refractivity contribution in [3.8, 4) is 23.3 Å². The molecule has 12 nitrogen and oxygen atoms in total. The molecule has 5 aromatic rings. The summed E-state index contributed by atoms with van der Waals surface area (Å²) in [4.78, 5) is 41.0. The Bertz CT molecular complexity index is 2000. The lowest BCUT2D eigenvalue weighted by atomic mass is 10.1. The molecule has 0 radical (unpaired) electrons. The number of hydrogen-bond donors (Lipinski definition) is 4. The zero-order valence-corrected chi connectivity index (χ0v) is 25.8. The SMILES string of the molecule is Cc1cc(Oc2cccc(C#N)c2)ccc1-n1ncc(C(=O)c2cc3cc(C(=O)NCCNC(=O)OC(C)(C)C)ccc3[nH]2)c1N. The standard InChI is InChI=1S/C34H33N7O5/c1-20-14-25(45-24-7-5-6-21(15-24)18-35)9-11-29(20)41-31(36)26(19-39-41)30(42)28-17-23-16-22(8-10-27(23)40-28)32(43)37-12-13-38-33(44)46-34(2,3)4/h5-11,14-17,19,40H,12-13,36H2,1-4H3,(H,37,43)(H,38,44). The summed E-state index contributed by atoms with van der Waals surface area (Å²) in [6.07, 6.45) is 0.863. The number of rotatable bonds is 9. The number of ether oxygens (including phenoxy) is 2. The van der Waals surface area contributed by atoms with Crippen LogP contribution >= 0.6 is 0 Å². The van der Waals surface area contributed by atoms with E-state index in [1.807, 2.05) is 13.0 Å². The molecule has 5 N–H and O–H groups in total. The molecule has 2 aromatic heterocycles. The van der Waals surface area contributed by atoms with Crippen molar-refractivity contribution in [2.75, 3.05) is 18.8 Å². The molecule has 2 amide bonds. The molecule has 234 valence electrons. The largest absolute Gasteiger partial charge is 0.457 e. The highest BCUT2D eigenvalue weighted by molar-refractivity contribution is 6.13. The van der Waals surface area contributed by atoms with E-state index in [4.69, 9.17) is 20.5 Å². The first-order chi connectivity index (χ1) is 21.9. The molecule has 0 atom stereocenters. The van der Waals surface area contributed by atoms with Crippen molar-refractivity contribution in [2.24, 2.45) is 0 Å². The van der Waals surface area contributed by atoms with Crippen molar-refractivity contribution in [3.05, 3.63) is 101 Å². The average molecular weight is 620 g/mol. The summed E-state index contributed by atoms with van der Waals surface area (Å²) < 4.78 is 12.6. The minimum absolute atomic E-state index is 0.169. The molecule has 0 saturated carbocycles. The van der Waals surface area contributed by atoms with Gasteiger partial charge in [-0.1, -0.05) is 6.07 Å². The summed E-state index contributed by atoms with van der Waals surface area (Å²) in [7, 11) is 0. The molecule has 2 heterocycles. The van der Waals surface area contributed by atoms with Crippen molar-refractivity contribution in [2.45, 2.75) is 33.3 Å². The molecular weight excluding hydrogens is 586 g/mol. The smallest absolute Gasteiger partial charge is 0.407 e. The Hall–Kier alpha value is -6.09. The highest BCUT2D eigenvalue weighted by Gasteiger charge is 2.21. The lowest BCUT2D eigenvalue weighted by Gasteiger charge is -2.19. The second kappa shape index (κ2) is 12.9. The van der Waals surface area contributed by atoms with Gasteiger partial charge >= 0.3 is 6.09 Å². The number of H-pyrrole nitrogens is 1. The first-order valence-electron chi connectivity index (χ1n) is 14.5. The number of ketones is 1. The average Bonchev–Trinajstić information content (AvgIpc) is 3.61. The Kier molecular flexibility index (Phi) is 8.77. The first kappa shape index (κ1) is 31.3. The monoisotopic (exact) mass is 619 g/mol. The third-order valence-electron chi connectivity index (χ3n) is 6.85. The van der Waals surface area contributed by atoms with Crippen LogP contribution < -0.4 is 21.1 Å². The highest BCUT2D eigenvalue weighted by atomic mass is 16.6. The maximum Gasteiger partial charge on any atom is 0.407 e. The molecule has 0 fully saturated rings. The van der Waals surface area contributed by atoms with E-state index in [1.54, 1.807) is 81.4 Å². The van der Waals surface area contributed by atoms with Crippen LogP contribution in [0.4, 0.5) is 10.6 Å². The number of aromatic nitrogens is 3. The number of nitrogen functional groups attached to an aromatic ring is 1. The van der Waals surface area contributed by atoms with Crippen LogP contribution in [0.15, 0.2) is 72.9 Å². The lowest BCUT2D eigenvalue weighted by molar-refractivity contribution is 0.0526. The van der Waals surface area contributed by atoms with E-state index in [9.17, 15) is 14.4 Å². The second-order valence-corrected chi connectivity index (χ2v) is 11.5. The number of nitrogens with one attached hydrogen (secondary N) is 3. The van der Waals surface area contributed by atoms with E-state index in [2.05, 4.69) is 26.8 Å². The fourth-order valence-corrected chi connectivity index (χ4v) is 4.72. The van der Waals surface area contributed by atoms with E-state index in [1.165, 1.54) is 10.9 Å². The van der Waals surface area contributed by atoms with Crippen LogP contribution in [0.2, 0.25) is 0 Å². The number of anilines is 1. The topological polar surface area (TPSA) is 177 Å². The summed E-state index contributed by atoms with van der Waals surface area (Å²) in [5.74, 6) is 0.602. The van der Waals surface area contributed by atoms with E-state index in [0.717, 1.165) is 5.56 Å². The maximum atomic E-state index is 13.5. The van der Waals surface area contributed by atoms with Gasteiger partial charge in [-0.05, 0) is 93.9 Å². The van der Waals surface area contributed by atoms with Crippen LogP contribution in [-0.4, -0.2) is 51.2 Å². The van der Waals surface area contributed by atoms with Gasteiger partial charge in [0.15, 0.2) is 0 Å². The second-order valence-electron chi connectivity index (χ2n) is 11.5. The summed E-state index contributed by atoms with van der Waals surface area (Å²) in [6, 6.07) is 21.0. The van der Waals surface area contributed by atoms with E-state index in [-0.39, 0.29) is 36.2 Å². The van der Waals surface area contributed by atoms with Gasteiger partial charge in [0.05, 0.1) is 34.8 Å². The Morgan fingerprint density at radius 3 is 2.50 bits per heavy atom. The Morgan fingerprint density at radius 1 is 1.00 bits per heavy atom. The first-order valence-corrected chi connectivity index (χ1v) is 14.5. The molecule has 0 aliphatic rings. The number of amides is 2. The number of nitrogens with two attached hydrogens (primary N) is 1. The van der Waals surface area contributed by atoms with Gasteiger partial charge in [0.2, 0.25) is 5.78 Å². The summed E-state index contributed by atoms with van der Waals surface area (Å²) in [6.45, 7) is 7.60. The molecule has 0 aliphatic heterocycles. The molecule has 46 heavy (non-hydrogen) atoms. The van der Waals surface area contributed by atoms with Gasteiger partial charge in [-0.25, -0.2) is 9.48 Å². The molecule has 0 bridgehead atoms. The van der Waals surface area contributed by atoms with Gasteiger partial charge < -0.3 is 30.8 Å². The van der Waals surface area contributed by atoms with Crippen LogP contribution in [0, 0.1) is 18.3 Å². The molecule has 0 unspecified atom stereocenters. The van der Waals surface area contributed by atoms with Crippen molar-refractivity contribution in [3.63, 3.8) is 0 Å². The summed E-state index contributed by atoms with van der Waals surface area (Å²) >= 11 is 0. The third-order valence-corrected chi connectivity index (χ3v) is 6.85. The van der Waals surface area contributed by atoms with Gasteiger partial charge in [-0.2, -0.15) is 10.4 Å². The van der Waals surface area contributed by atoms with Crippen LogP contribution in [0.5, 0.6) is 11.5 Å². The van der Waals surface area contributed by atoms with Crippen molar-refractivity contribution in [1.82, 2.24) is 25.4 Å². The number of benzene rings is 3. The zero-order valence-electron chi connectivity index (χ0n) is 25.8. The van der Waals surface area contributed by atoms with Gasteiger partial charge in [0, 0.05) is 29.6 Å². The molecular formula is C34H33N7O5. The number of aryl methyl sites for hydroxylation is 1. The van der Waals surface area contributed by atoms with Gasteiger partial charge in [0.1, 0.15) is 22.9 Å². The fourth-order valence-electron chi connectivity index (χ4n) is 4.72. The number of fused-ring (bicyclic) bond motifs is 1. The predicted molar refractivity (Wildman–Crippen MR) is 172 cm³/mol. The zero-order chi connectivity index (χ0) is 33.0. The minimum atomic E-state index is -0.609. The van der Waals surface area contributed by atoms with Crippen molar-refractivity contribution < 1.29 is 23.9 Å². The third kappa shape index (κ3) is 7.16.